The summed E-state index contributed by atoms with van der Waals surface area (Å²) in [6.07, 6.45) is 0.751. The molecule has 3 aromatic rings. The highest BCUT2D eigenvalue weighted by molar-refractivity contribution is 5.99. The fourth-order valence-electron chi connectivity index (χ4n) is 2.90. The number of hydrogen-bond donors (Lipinski definition) is 0. The van der Waals surface area contributed by atoms with E-state index in [9.17, 15) is 14.0 Å². The first-order chi connectivity index (χ1) is 13.1. The average Bonchev–Trinajstić information content (AvgIpc) is 3.35. The molecule has 27 heavy (non-hydrogen) atoms. The Kier molecular flexibility index (Phi) is 4.46. The molecule has 0 fully saturated rings. The molecule has 0 bridgehead atoms. The molecular weight excluding hydrogens is 351 g/mol. The lowest BCUT2D eigenvalue weighted by molar-refractivity contribution is 0.0445. The van der Waals surface area contributed by atoms with E-state index in [0.29, 0.717) is 12.2 Å². The van der Waals surface area contributed by atoms with Crippen molar-refractivity contribution in [2.24, 2.45) is 0 Å². The zero-order valence-electron chi connectivity index (χ0n) is 14.2. The number of ether oxygens (including phenoxy) is 2. The van der Waals surface area contributed by atoms with Crippen LogP contribution >= 0.6 is 0 Å². The first kappa shape index (κ1) is 17.0. The van der Waals surface area contributed by atoms with E-state index in [1.165, 1.54) is 18.2 Å². The monoisotopic (exact) mass is 366 g/mol. The third kappa shape index (κ3) is 3.46. The summed E-state index contributed by atoms with van der Waals surface area (Å²) < 4.78 is 29.6. The number of carbonyl (C=O) groups is 2. The minimum atomic E-state index is -0.782. The van der Waals surface area contributed by atoms with Gasteiger partial charge in [-0.15, -0.1) is 0 Å². The van der Waals surface area contributed by atoms with Crippen molar-refractivity contribution in [3.05, 3.63) is 77.3 Å². The largest absolute Gasteiger partial charge is 0.493 e. The Bertz CT molecular complexity index is 1020. The van der Waals surface area contributed by atoms with Gasteiger partial charge in [-0.25, -0.2) is 9.18 Å². The van der Waals surface area contributed by atoms with Crippen LogP contribution in [0, 0.1) is 5.82 Å². The highest BCUT2D eigenvalue weighted by atomic mass is 19.1. The van der Waals surface area contributed by atoms with Crippen molar-refractivity contribution in [2.45, 2.75) is 6.42 Å². The van der Waals surface area contributed by atoms with Gasteiger partial charge in [-0.05, 0) is 48.0 Å². The van der Waals surface area contributed by atoms with Gasteiger partial charge < -0.3 is 13.9 Å². The molecule has 0 N–H and O–H groups in total. The van der Waals surface area contributed by atoms with Crippen LogP contribution in [0.5, 0.6) is 5.75 Å². The normalized spacial score (nSPS) is 12.3. The molecule has 136 valence electrons. The Labute approximate surface area is 154 Å². The van der Waals surface area contributed by atoms with Crippen molar-refractivity contribution in [3.8, 4) is 17.1 Å². The predicted octanol–water partition coefficient (Wildman–Crippen LogP) is 4.06. The number of halogens is 1. The standard InChI is InChI=1S/C21H15FO5/c22-16-4-2-1-3-15(16)19-7-8-20(27-19)21(24)26-12-17(23)13-5-6-18-14(11-13)9-10-25-18/h1-8,11H,9-10,12H2. The van der Waals surface area contributed by atoms with Gasteiger partial charge in [0.2, 0.25) is 5.76 Å². The number of esters is 1. The molecule has 0 spiro atoms. The Hall–Kier alpha value is -3.41. The summed E-state index contributed by atoms with van der Waals surface area (Å²) >= 11 is 0. The van der Waals surface area contributed by atoms with E-state index in [4.69, 9.17) is 13.9 Å². The van der Waals surface area contributed by atoms with E-state index >= 15 is 0 Å². The van der Waals surface area contributed by atoms with E-state index in [-0.39, 0.29) is 22.9 Å². The first-order valence-electron chi connectivity index (χ1n) is 8.42. The molecule has 0 amide bonds. The number of Topliss-reactive ketones (excluding diaryl/α,β-unsaturated/α-hetero) is 1. The van der Waals surface area contributed by atoms with Crippen molar-refractivity contribution in [2.75, 3.05) is 13.2 Å². The van der Waals surface area contributed by atoms with Crippen LogP contribution in [0.2, 0.25) is 0 Å². The molecule has 4 rings (SSSR count). The lowest BCUT2D eigenvalue weighted by Gasteiger charge is -2.05. The topological polar surface area (TPSA) is 65.7 Å². The third-order valence-corrected chi connectivity index (χ3v) is 4.29. The van der Waals surface area contributed by atoms with E-state index in [1.54, 1.807) is 36.4 Å². The molecule has 0 aliphatic carbocycles. The molecule has 1 aliphatic heterocycles. The first-order valence-corrected chi connectivity index (χ1v) is 8.42. The van der Waals surface area contributed by atoms with Crippen LogP contribution in [-0.2, 0) is 11.2 Å². The molecule has 0 radical (unpaired) electrons. The number of benzene rings is 2. The summed E-state index contributed by atoms with van der Waals surface area (Å²) in [5.41, 5.74) is 1.67. The van der Waals surface area contributed by atoms with Gasteiger partial charge in [-0.2, -0.15) is 0 Å². The van der Waals surface area contributed by atoms with Gasteiger partial charge in [0.15, 0.2) is 12.4 Å². The highest BCUT2D eigenvalue weighted by Crippen LogP contribution is 2.27. The smallest absolute Gasteiger partial charge is 0.374 e. The molecule has 0 saturated carbocycles. The van der Waals surface area contributed by atoms with Gasteiger partial charge >= 0.3 is 5.97 Å². The van der Waals surface area contributed by atoms with Crippen molar-refractivity contribution < 1.29 is 27.9 Å². The summed E-state index contributed by atoms with van der Waals surface area (Å²) in [4.78, 5) is 24.4. The molecule has 0 unspecified atom stereocenters. The molecule has 0 atom stereocenters. The van der Waals surface area contributed by atoms with Crippen LogP contribution < -0.4 is 4.74 Å². The fourth-order valence-corrected chi connectivity index (χ4v) is 2.90. The zero-order chi connectivity index (χ0) is 18.8. The van der Waals surface area contributed by atoms with Gasteiger partial charge in [0.1, 0.15) is 17.3 Å². The van der Waals surface area contributed by atoms with Crippen LogP contribution in [-0.4, -0.2) is 25.0 Å². The highest BCUT2D eigenvalue weighted by Gasteiger charge is 2.19. The number of hydrogen-bond acceptors (Lipinski definition) is 5. The number of furan rings is 1. The fraction of sp³-hybridized carbons (Fsp3) is 0.143. The predicted molar refractivity (Wildman–Crippen MR) is 94.4 cm³/mol. The maximum Gasteiger partial charge on any atom is 0.374 e. The van der Waals surface area contributed by atoms with Crippen LogP contribution in [0.4, 0.5) is 4.39 Å². The number of rotatable bonds is 5. The lowest BCUT2D eigenvalue weighted by atomic mass is 10.1. The SMILES string of the molecule is O=C(COC(=O)c1ccc(-c2ccccc2F)o1)c1ccc2c(c1)CCO2. The summed E-state index contributed by atoms with van der Waals surface area (Å²) in [6, 6.07) is 14.1. The van der Waals surface area contributed by atoms with Gasteiger partial charge in [-0.3, -0.25) is 4.79 Å². The van der Waals surface area contributed by atoms with E-state index in [1.807, 2.05) is 0 Å². The van der Waals surface area contributed by atoms with E-state index < -0.39 is 18.4 Å². The van der Waals surface area contributed by atoms with Crippen LogP contribution in [0.3, 0.4) is 0 Å². The zero-order valence-corrected chi connectivity index (χ0v) is 14.2. The molecule has 2 aromatic carbocycles. The maximum atomic E-state index is 13.8. The minimum absolute atomic E-state index is 0.0941. The lowest BCUT2D eigenvalue weighted by Crippen LogP contribution is -2.14. The Morgan fingerprint density at radius 1 is 1.07 bits per heavy atom. The van der Waals surface area contributed by atoms with Crippen LogP contribution in [0.1, 0.15) is 26.5 Å². The van der Waals surface area contributed by atoms with Gasteiger partial charge in [0, 0.05) is 12.0 Å². The summed E-state index contributed by atoms with van der Waals surface area (Å²) in [5.74, 6) is -0.662. The van der Waals surface area contributed by atoms with Crippen LogP contribution in [0.25, 0.3) is 11.3 Å². The Morgan fingerprint density at radius 3 is 2.78 bits per heavy atom. The Morgan fingerprint density at radius 2 is 1.93 bits per heavy atom. The van der Waals surface area contributed by atoms with Gasteiger partial charge in [0.05, 0.1) is 12.2 Å². The maximum absolute atomic E-state index is 13.8. The van der Waals surface area contributed by atoms with Crippen molar-refractivity contribution in [1.82, 2.24) is 0 Å². The third-order valence-electron chi connectivity index (χ3n) is 4.29. The second kappa shape index (κ2) is 7.07. The summed E-state index contributed by atoms with van der Waals surface area (Å²) in [5, 5.41) is 0. The minimum Gasteiger partial charge on any atom is -0.493 e. The quantitative estimate of drug-likeness (QED) is 0.503. The molecular formula is C21H15FO5. The molecule has 2 heterocycles. The van der Waals surface area contributed by atoms with E-state index in [0.717, 1.165) is 17.7 Å². The Balaban J connectivity index is 1.41. The molecule has 5 nitrogen and oxygen atoms in total. The molecule has 0 saturated heterocycles. The van der Waals surface area contributed by atoms with E-state index in [2.05, 4.69) is 0 Å². The number of ketones is 1. The number of carbonyl (C=O) groups excluding carboxylic acids is 2. The molecule has 6 heteroatoms. The molecule has 1 aliphatic rings. The summed E-state index contributed by atoms with van der Waals surface area (Å²) in [7, 11) is 0. The second-order valence-electron chi connectivity index (χ2n) is 6.06. The van der Waals surface area contributed by atoms with Crippen LogP contribution in [0.15, 0.2) is 59.0 Å². The van der Waals surface area contributed by atoms with Crippen molar-refractivity contribution in [3.63, 3.8) is 0 Å². The van der Waals surface area contributed by atoms with Crippen molar-refractivity contribution >= 4 is 11.8 Å². The van der Waals surface area contributed by atoms with Gasteiger partial charge in [-0.1, -0.05) is 12.1 Å². The second-order valence-corrected chi connectivity index (χ2v) is 6.06. The van der Waals surface area contributed by atoms with Crippen molar-refractivity contribution in [1.29, 1.82) is 0 Å². The molecule has 1 aromatic heterocycles. The average molecular weight is 366 g/mol. The number of fused-ring (bicyclic) bond motifs is 1. The summed E-state index contributed by atoms with van der Waals surface area (Å²) in [6.45, 7) is 0.193. The van der Waals surface area contributed by atoms with Gasteiger partial charge in [0.25, 0.3) is 0 Å².